The van der Waals surface area contributed by atoms with E-state index in [1.165, 1.54) is 7.11 Å². The third-order valence-corrected chi connectivity index (χ3v) is 3.85. The maximum absolute atomic E-state index is 12.9. The molecule has 0 amide bonds. The Morgan fingerprint density at radius 2 is 1.87 bits per heavy atom. The molecule has 23 heavy (non-hydrogen) atoms. The molecule has 5 nitrogen and oxygen atoms in total. The van der Waals surface area contributed by atoms with Gasteiger partial charge in [-0.1, -0.05) is 26.7 Å². The number of fused-ring (bicyclic) bond motifs is 1. The number of ether oxygens (including phenoxy) is 2. The van der Waals surface area contributed by atoms with Crippen LogP contribution in [0.1, 0.15) is 39.5 Å². The van der Waals surface area contributed by atoms with E-state index in [0.29, 0.717) is 24.4 Å². The van der Waals surface area contributed by atoms with Gasteiger partial charge in [0, 0.05) is 18.0 Å². The van der Waals surface area contributed by atoms with Gasteiger partial charge < -0.3 is 19.1 Å². The zero-order valence-electron chi connectivity index (χ0n) is 14.1. The summed E-state index contributed by atoms with van der Waals surface area (Å²) in [5.41, 5.74) is 0.465. The Bertz CT molecular complexity index is 721. The van der Waals surface area contributed by atoms with Crippen molar-refractivity contribution < 1.29 is 14.6 Å². The molecule has 0 saturated heterocycles. The molecule has 0 bridgehead atoms. The fourth-order valence-electron chi connectivity index (χ4n) is 2.57. The lowest BCUT2D eigenvalue weighted by Gasteiger charge is -2.17. The molecule has 0 spiro atoms. The normalized spacial score (nSPS) is 10.9. The molecule has 0 radical (unpaired) electrons. The smallest absolute Gasteiger partial charge is 0.297 e. The molecule has 0 saturated carbocycles. The molecule has 0 fully saturated rings. The molecule has 0 unspecified atom stereocenters. The Hall–Kier alpha value is -2.17. The zero-order valence-corrected chi connectivity index (χ0v) is 14.1. The summed E-state index contributed by atoms with van der Waals surface area (Å²) in [7, 11) is 1.53. The lowest BCUT2D eigenvalue weighted by Crippen LogP contribution is -2.24. The predicted molar refractivity (Wildman–Crippen MR) is 91.7 cm³/mol. The van der Waals surface area contributed by atoms with Crippen molar-refractivity contribution in [2.45, 2.75) is 46.1 Å². The van der Waals surface area contributed by atoms with Crippen LogP contribution in [-0.2, 0) is 6.54 Å². The first-order chi connectivity index (χ1) is 11.1. The predicted octanol–water partition coefficient (Wildman–Crippen LogP) is 3.69. The van der Waals surface area contributed by atoms with Gasteiger partial charge in [-0.2, -0.15) is 0 Å². The second kappa shape index (κ2) is 7.90. The highest BCUT2D eigenvalue weighted by Crippen LogP contribution is 2.34. The van der Waals surface area contributed by atoms with Crippen LogP contribution in [0.2, 0.25) is 0 Å². The topological polar surface area (TPSA) is 60.7 Å². The minimum absolute atomic E-state index is 0.129. The van der Waals surface area contributed by atoms with Crippen molar-refractivity contribution in [1.29, 1.82) is 0 Å². The van der Waals surface area contributed by atoms with Crippen molar-refractivity contribution in [3.8, 4) is 17.2 Å². The monoisotopic (exact) mass is 319 g/mol. The van der Waals surface area contributed by atoms with E-state index in [-0.39, 0.29) is 17.1 Å². The molecule has 1 N–H and O–H groups in total. The lowest BCUT2D eigenvalue weighted by molar-refractivity contribution is 0.283. The highest BCUT2D eigenvalue weighted by atomic mass is 16.5. The van der Waals surface area contributed by atoms with Crippen molar-refractivity contribution in [2.24, 2.45) is 0 Å². The molecule has 2 aromatic rings. The Labute approximate surface area is 136 Å². The van der Waals surface area contributed by atoms with Crippen molar-refractivity contribution in [3.63, 3.8) is 0 Å². The van der Waals surface area contributed by atoms with Crippen LogP contribution < -0.4 is 15.0 Å². The maximum Gasteiger partial charge on any atom is 0.297 e. The number of hydrogen-bond acceptors (Lipinski definition) is 4. The van der Waals surface area contributed by atoms with Crippen LogP contribution in [0.5, 0.6) is 17.2 Å². The number of methoxy groups -OCH3 is 1. The van der Waals surface area contributed by atoms with Crippen molar-refractivity contribution in [2.75, 3.05) is 13.7 Å². The number of nitrogens with zero attached hydrogens (tertiary/aromatic N) is 1. The zero-order chi connectivity index (χ0) is 16.8. The number of aromatic hydroxyl groups is 1. The van der Waals surface area contributed by atoms with E-state index in [4.69, 9.17) is 9.47 Å². The average Bonchev–Trinajstić information content (AvgIpc) is 2.55. The highest BCUT2D eigenvalue weighted by Gasteiger charge is 2.19. The highest BCUT2D eigenvalue weighted by molar-refractivity contribution is 5.89. The van der Waals surface area contributed by atoms with Gasteiger partial charge in [-0.3, -0.25) is 4.79 Å². The number of benzene rings is 1. The number of rotatable bonds is 8. The summed E-state index contributed by atoms with van der Waals surface area (Å²) in [5.74, 6) is 0.827. The molecular weight excluding hydrogens is 294 g/mol. The van der Waals surface area contributed by atoms with Crippen LogP contribution in [0.25, 0.3) is 10.9 Å². The van der Waals surface area contributed by atoms with Gasteiger partial charge in [-0.05, 0) is 25.0 Å². The van der Waals surface area contributed by atoms with E-state index in [2.05, 4.69) is 13.8 Å². The molecule has 0 aliphatic rings. The standard InChI is InChI=1S/C18H25NO4/c1-4-6-10-19-15-12-13(20)8-9-14(15)16(22-3)17(18(19)21)23-11-7-5-2/h8-9,12,20H,4-7,10-11H2,1-3H3. The Morgan fingerprint density at radius 3 is 2.52 bits per heavy atom. The first-order valence-electron chi connectivity index (χ1n) is 8.20. The number of phenols is 1. The Balaban J connectivity index is 2.66. The Morgan fingerprint density at radius 1 is 1.13 bits per heavy atom. The second-order valence-electron chi connectivity index (χ2n) is 5.58. The number of aromatic nitrogens is 1. The summed E-state index contributed by atoms with van der Waals surface area (Å²) in [5, 5.41) is 10.6. The minimum Gasteiger partial charge on any atom is -0.508 e. The van der Waals surface area contributed by atoms with E-state index in [9.17, 15) is 9.90 Å². The van der Waals surface area contributed by atoms with Crippen LogP contribution in [0, 0.1) is 0 Å². The van der Waals surface area contributed by atoms with Crippen LogP contribution in [0.3, 0.4) is 0 Å². The van der Waals surface area contributed by atoms with Gasteiger partial charge in [-0.25, -0.2) is 0 Å². The summed E-state index contributed by atoms with van der Waals surface area (Å²) < 4.78 is 12.9. The van der Waals surface area contributed by atoms with E-state index in [1.54, 1.807) is 22.8 Å². The number of unbranched alkanes of at least 4 members (excludes halogenated alkanes) is 2. The first-order valence-corrected chi connectivity index (χ1v) is 8.20. The minimum atomic E-state index is -0.204. The molecule has 5 heteroatoms. The van der Waals surface area contributed by atoms with Crippen molar-refractivity contribution in [1.82, 2.24) is 4.57 Å². The van der Waals surface area contributed by atoms with Crippen LogP contribution in [0.4, 0.5) is 0 Å². The third-order valence-electron chi connectivity index (χ3n) is 3.85. The SMILES string of the molecule is CCCCOc1c(OC)c2ccc(O)cc2n(CCCC)c1=O. The van der Waals surface area contributed by atoms with Crippen LogP contribution in [-0.4, -0.2) is 23.4 Å². The summed E-state index contributed by atoms with van der Waals surface area (Å²) in [4.78, 5) is 12.9. The summed E-state index contributed by atoms with van der Waals surface area (Å²) in [6.45, 7) is 5.22. The largest absolute Gasteiger partial charge is 0.508 e. The first kappa shape index (κ1) is 17.2. The molecule has 0 aliphatic heterocycles. The number of aryl methyl sites for hydroxylation is 1. The van der Waals surface area contributed by atoms with E-state index in [0.717, 1.165) is 31.1 Å². The second-order valence-corrected chi connectivity index (χ2v) is 5.58. The molecule has 0 aliphatic carbocycles. The number of phenolic OH excluding ortho intramolecular Hbond substituents is 1. The maximum atomic E-state index is 12.9. The lowest BCUT2D eigenvalue weighted by atomic mass is 10.1. The fraction of sp³-hybridized carbons (Fsp3) is 0.500. The van der Waals surface area contributed by atoms with E-state index in [1.807, 2.05) is 0 Å². The molecular formula is C18H25NO4. The van der Waals surface area contributed by atoms with Gasteiger partial charge in [-0.15, -0.1) is 0 Å². The van der Waals surface area contributed by atoms with Gasteiger partial charge >= 0.3 is 0 Å². The molecule has 126 valence electrons. The summed E-state index contributed by atoms with van der Waals surface area (Å²) in [6.07, 6.45) is 3.73. The summed E-state index contributed by atoms with van der Waals surface area (Å²) >= 11 is 0. The van der Waals surface area contributed by atoms with E-state index < -0.39 is 0 Å². The van der Waals surface area contributed by atoms with Crippen LogP contribution >= 0.6 is 0 Å². The average molecular weight is 319 g/mol. The van der Waals surface area contributed by atoms with Gasteiger partial charge in [0.05, 0.1) is 19.2 Å². The summed E-state index contributed by atoms with van der Waals surface area (Å²) in [6, 6.07) is 4.96. The van der Waals surface area contributed by atoms with Crippen molar-refractivity contribution in [3.05, 3.63) is 28.6 Å². The molecule has 1 aromatic carbocycles. The Kier molecular flexibility index (Phi) is 5.90. The van der Waals surface area contributed by atoms with E-state index >= 15 is 0 Å². The van der Waals surface area contributed by atoms with Gasteiger partial charge in [0.1, 0.15) is 5.75 Å². The molecule has 1 aromatic heterocycles. The van der Waals surface area contributed by atoms with Crippen LogP contribution in [0.15, 0.2) is 23.0 Å². The molecule has 2 rings (SSSR count). The number of pyridine rings is 1. The fourth-order valence-corrected chi connectivity index (χ4v) is 2.57. The third kappa shape index (κ3) is 3.60. The van der Waals surface area contributed by atoms with Crippen molar-refractivity contribution >= 4 is 10.9 Å². The van der Waals surface area contributed by atoms with Gasteiger partial charge in [0.25, 0.3) is 5.56 Å². The van der Waals surface area contributed by atoms with Gasteiger partial charge in [0.2, 0.25) is 5.75 Å². The molecule has 1 heterocycles. The number of hydrogen-bond donors (Lipinski definition) is 1. The molecule has 0 atom stereocenters. The van der Waals surface area contributed by atoms with Gasteiger partial charge in [0.15, 0.2) is 5.75 Å². The quantitative estimate of drug-likeness (QED) is 0.754.